The molecule has 7 nitrogen and oxygen atoms in total. The van der Waals surface area contributed by atoms with Gasteiger partial charge in [-0.1, -0.05) is 28.5 Å². The van der Waals surface area contributed by atoms with E-state index in [4.69, 9.17) is 14.4 Å². The number of rotatable bonds is 7. The van der Waals surface area contributed by atoms with Crippen molar-refractivity contribution in [1.29, 1.82) is 0 Å². The smallest absolute Gasteiger partial charge is 0.413 e. The fraction of sp³-hybridized carbons (Fsp3) is 0.250. The fourth-order valence-corrected chi connectivity index (χ4v) is 2.46. The summed E-state index contributed by atoms with van der Waals surface area (Å²) < 4.78 is 17.9. The minimum absolute atomic E-state index is 0.124. The molecule has 0 fully saturated rings. The molecule has 0 unspecified atom stereocenters. The first-order valence-electron chi connectivity index (χ1n) is 8.41. The summed E-state index contributed by atoms with van der Waals surface area (Å²) in [5.41, 5.74) is 2.90. The molecule has 2 aromatic rings. The van der Waals surface area contributed by atoms with Crippen LogP contribution in [0, 0.1) is 5.82 Å². The van der Waals surface area contributed by atoms with E-state index < -0.39 is 6.09 Å². The molecule has 0 aliphatic rings. The van der Waals surface area contributed by atoms with Gasteiger partial charge in [0.25, 0.3) is 0 Å². The van der Waals surface area contributed by atoms with Crippen molar-refractivity contribution in [2.45, 2.75) is 13.5 Å². The van der Waals surface area contributed by atoms with Gasteiger partial charge in [0.05, 0.1) is 12.8 Å². The van der Waals surface area contributed by atoms with Crippen LogP contribution in [0.3, 0.4) is 0 Å². The third kappa shape index (κ3) is 5.29. The van der Waals surface area contributed by atoms with Crippen molar-refractivity contribution in [1.82, 2.24) is 0 Å². The van der Waals surface area contributed by atoms with Crippen molar-refractivity contribution in [3.63, 3.8) is 0 Å². The summed E-state index contributed by atoms with van der Waals surface area (Å²) in [5.74, 6) is -0.349. The van der Waals surface area contributed by atoms with E-state index in [1.165, 1.54) is 31.3 Å². The van der Waals surface area contributed by atoms with E-state index >= 15 is 0 Å². The van der Waals surface area contributed by atoms with Crippen molar-refractivity contribution in [2.75, 3.05) is 26.2 Å². The summed E-state index contributed by atoms with van der Waals surface area (Å²) in [6.07, 6.45) is -0.488. The number of anilines is 1. The second-order valence-electron chi connectivity index (χ2n) is 5.74. The van der Waals surface area contributed by atoms with Crippen LogP contribution in [0.4, 0.5) is 14.9 Å². The molecule has 8 heteroatoms. The summed E-state index contributed by atoms with van der Waals surface area (Å²) >= 11 is 0. The Labute approximate surface area is 163 Å². The van der Waals surface area contributed by atoms with Crippen molar-refractivity contribution in [2.24, 2.45) is 10.3 Å². The Kier molecular flexibility index (Phi) is 7.50. The molecule has 0 saturated carbocycles. The van der Waals surface area contributed by atoms with Gasteiger partial charge in [-0.3, -0.25) is 4.90 Å². The minimum atomic E-state index is -0.488. The van der Waals surface area contributed by atoms with Gasteiger partial charge >= 0.3 is 6.09 Å². The van der Waals surface area contributed by atoms with Gasteiger partial charge in [0.1, 0.15) is 31.0 Å². The Bertz CT molecular complexity index is 866. The SMILES string of the molecule is CO/N=C(/C(C)=N/OCc1ccccc1N(C)C(=O)OC)c1ccc(F)cc1. The summed E-state index contributed by atoms with van der Waals surface area (Å²) in [6.45, 7) is 1.83. The largest absolute Gasteiger partial charge is 0.452 e. The van der Waals surface area contributed by atoms with Crippen LogP contribution in [0.1, 0.15) is 18.1 Å². The maximum Gasteiger partial charge on any atom is 0.413 e. The molecular weight excluding hydrogens is 365 g/mol. The van der Waals surface area contributed by atoms with Crippen LogP contribution in [0.5, 0.6) is 0 Å². The van der Waals surface area contributed by atoms with E-state index in [0.29, 0.717) is 22.7 Å². The topological polar surface area (TPSA) is 72.7 Å². The highest BCUT2D eigenvalue weighted by Gasteiger charge is 2.15. The zero-order valence-electron chi connectivity index (χ0n) is 16.2. The van der Waals surface area contributed by atoms with E-state index in [1.807, 2.05) is 18.2 Å². The number of carbonyl (C=O) groups is 1. The molecule has 0 radical (unpaired) electrons. The third-order valence-corrected chi connectivity index (χ3v) is 3.87. The van der Waals surface area contributed by atoms with Crippen LogP contribution in [0.2, 0.25) is 0 Å². The van der Waals surface area contributed by atoms with E-state index in [-0.39, 0.29) is 12.4 Å². The maximum atomic E-state index is 13.1. The van der Waals surface area contributed by atoms with E-state index in [1.54, 1.807) is 32.2 Å². The molecule has 28 heavy (non-hydrogen) atoms. The number of benzene rings is 2. The lowest BCUT2D eigenvalue weighted by Gasteiger charge is -2.18. The van der Waals surface area contributed by atoms with Gasteiger partial charge in [-0.25, -0.2) is 9.18 Å². The summed E-state index contributed by atoms with van der Waals surface area (Å²) in [4.78, 5) is 23.5. The first-order valence-corrected chi connectivity index (χ1v) is 8.41. The van der Waals surface area contributed by atoms with E-state index in [2.05, 4.69) is 10.3 Å². The molecule has 0 heterocycles. The van der Waals surface area contributed by atoms with Gasteiger partial charge in [0.2, 0.25) is 0 Å². The molecule has 0 bridgehead atoms. The maximum absolute atomic E-state index is 13.1. The Balaban J connectivity index is 2.16. The summed E-state index contributed by atoms with van der Waals surface area (Å²) in [6, 6.07) is 13.1. The Morgan fingerprint density at radius 3 is 2.39 bits per heavy atom. The molecule has 2 aromatic carbocycles. The van der Waals surface area contributed by atoms with Crippen molar-refractivity contribution in [3.05, 3.63) is 65.5 Å². The van der Waals surface area contributed by atoms with Gasteiger partial charge in [-0.2, -0.15) is 0 Å². The van der Waals surface area contributed by atoms with Crippen LogP contribution < -0.4 is 4.90 Å². The number of oxime groups is 2. The van der Waals surface area contributed by atoms with Crippen LogP contribution in [0.25, 0.3) is 0 Å². The van der Waals surface area contributed by atoms with E-state index in [9.17, 15) is 9.18 Å². The van der Waals surface area contributed by atoms with Crippen LogP contribution >= 0.6 is 0 Å². The third-order valence-electron chi connectivity index (χ3n) is 3.87. The zero-order valence-corrected chi connectivity index (χ0v) is 16.2. The molecule has 0 atom stereocenters. The molecule has 0 aliphatic heterocycles. The van der Waals surface area contributed by atoms with Crippen molar-refractivity contribution >= 4 is 23.2 Å². The lowest BCUT2D eigenvalue weighted by molar-refractivity contribution is 0.131. The molecule has 2 rings (SSSR count). The van der Waals surface area contributed by atoms with Crippen LogP contribution in [-0.4, -0.2) is 38.8 Å². The highest BCUT2D eigenvalue weighted by Crippen LogP contribution is 2.21. The summed E-state index contributed by atoms with van der Waals surface area (Å²) in [7, 11) is 4.34. The molecular formula is C20H22FN3O4. The number of ether oxygens (including phenoxy) is 1. The minimum Gasteiger partial charge on any atom is -0.452 e. The average Bonchev–Trinajstić information content (AvgIpc) is 2.72. The predicted molar refractivity (Wildman–Crippen MR) is 105 cm³/mol. The van der Waals surface area contributed by atoms with Gasteiger partial charge < -0.3 is 14.4 Å². The number of nitrogens with zero attached hydrogens (tertiary/aromatic N) is 3. The molecule has 148 valence electrons. The average molecular weight is 387 g/mol. The first kappa shape index (κ1) is 20.9. The van der Waals surface area contributed by atoms with Gasteiger partial charge in [0, 0.05) is 18.2 Å². The molecule has 0 aliphatic carbocycles. The van der Waals surface area contributed by atoms with Gasteiger partial charge in [-0.05, 0) is 37.3 Å². The predicted octanol–water partition coefficient (Wildman–Crippen LogP) is 3.97. The monoisotopic (exact) mass is 387 g/mol. The number of hydrogen-bond acceptors (Lipinski definition) is 6. The number of para-hydroxylation sites is 1. The Morgan fingerprint density at radius 1 is 1.07 bits per heavy atom. The number of carbonyl (C=O) groups excluding carboxylic acids is 1. The zero-order chi connectivity index (χ0) is 20.5. The molecule has 0 N–H and O–H groups in total. The van der Waals surface area contributed by atoms with E-state index in [0.717, 1.165) is 5.56 Å². The fourth-order valence-electron chi connectivity index (χ4n) is 2.46. The molecule has 0 saturated heterocycles. The highest BCUT2D eigenvalue weighted by molar-refractivity contribution is 6.47. The van der Waals surface area contributed by atoms with Crippen molar-refractivity contribution in [3.8, 4) is 0 Å². The number of halogens is 1. The normalized spacial score (nSPS) is 11.8. The van der Waals surface area contributed by atoms with Crippen LogP contribution in [-0.2, 0) is 21.0 Å². The number of methoxy groups -OCH3 is 1. The Hall–Kier alpha value is -3.42. The molecule has 0 spiro atoms. The number of amides is 1. The number of hydrogen-bond donors (Lipinski definition) is 0. The second-order valence-corrected chi connectivity index (χ2v) is 5.74. The van der Waals surface area contributed by atoms with Crippen LogP contribution in [0.15, 0.2) is 58.8 Å². The standard InChI is InChI=1S/C20H22FN3O4/c1-14(19(23-27-4)15-9-11-17(21)12-10-15)22-28-13-16-7-5-6-8-18(16)24(2)20(25)26-3/h5-12H,13H2,1-4H3/b22-14+,23-19-. The lowest BCUT2D eigenvalue weighted by Crippen LogP contribution is -2.26. The quantitative estimate of drug-likeness (QED) is 0.532. The molecule has 0 aromatic heterocycles. The highest BCUT2D eigenvalue weighted by atomic mass is 19.1. The van der Waals surface area contributed by atoms with Gasteiger partial charge in [0.15, 0.2) is 0 Å². The van der Waals surface area contributed by atoms with Gasteiger partial charge in [-0.15, -0.1) is 0 Å². The van der Waals surface area contributed by atoms with Crippen molar-refractivity contribution < 1.29 is 23.6 Å². The first-order chi connectivity index (χ1) is 13.5. The second kappa shape index (κ2) is 10.1. The Morgan fingerprint density at radius 2 is 1.75 bits per heavy atom. The lowest BCUT2D eigenvalue weighted by atomic mass is 10.1. The summed E-state index contributed by atoms with van der Waals surface area (Å²) in [5, 5.41) is 8.02. The molecule has 1 amide bonds.